The van der Waals surface area contributed by atoms with Crippen LogP contribution in [0.3, 0.4) is 0 Å². The number of benzene rings is 2. The second kappa shape index (κ2) is 10.00. The molecular formula is C22H24F4N2O3. The summed E-state index contributed by atoms with van der Waals surface area (Å²) in [6, 6.07) is 10.6. The number of alkyl halides is 3. The van der Waals surface area contributed by atoms with Crippen molar-refractivity contribution >= 4 is 6.03 Å². The van der Waals surface area contributed by atoms with Crippen LogP contribution in [0.4, 0.5) is 22.4 Å². The average Bonchev–Trinajstić information content (AvgIpc) is 3.25. The molecule has 3 unspecified atom stereocenters. The van der Waals surface area contributed by atoms with Crippen LogP contribution in [0.2, 0.25) is 0 Å². The Morgan fingerprint density at radius 3 is 2.32 bits per heavy atom. The van der Waals surface area contributed by atoms with Gasteiger partial charge < -0.3 is 20.1 Å². The molecule has 1 aliphatic heterocycles. The Morgan fingerprint density at radius 2 is 1.74 bits per heavy atom. The summed E-state index contributed by atoms with van der Waals surface area (Å²) in [6.45, 7) is 0.992. The Hall–Kier alpha value is -2.81. The maximum absolute atomic E-state index is 13.3. The number of carbonyl (C=O) groups excluding carboxylic acids is 1. The minimum Gasteiger partial charge on any atom is -0.484 e. The van der Waals surface area contributed by atoms with Gasteiger partial charge >= 0.3 is 12.2 Å². The minimum atomic E-state index is -4.41. The third kappa shape index (κ3) is 6.85. The van der Waals surface area contributed by atoms with Crippen LogP contribution < -0.4 is 15.4 Å². The molecule has 2 aromatic rings. The summed E-state index contributed by atoms with van der Waals surface area (Å²) in [4.78, 5) is 12.6. The summed E-state index contributed by atoms with van der Waals surface area (Å²) in [5, 5.41) is 5.70. The monoisotopic (exact) mass is 440 g/mol. The summed E-state index contributed by atoms with van der Waals surface area (Å²) in [7, 11) is 0. The van der Waals surface area contributed by atoms with Gasteiger partial charge in [-0.15, -0.1) is 0 Å². The van der Waals surface area contributed by atoms with Crippen molar-refractivity contribution in [1.82, 2.24) is 10.6 Å². The first kappa shape index (κ1) is 22.9. The van der Waals surface area contributed by atoms with Crippen molar-refractivity contribution in [2.24, 2.45) is 0 Å². The second-order valence-corrected chi connectivity index (χ2v) is 7.39. The van der Waals surface area contributed by atoms with Gasteiger partial charge in [-0.1, -0.05) is 24.3 Å². The number of hydrogen-bond acceptors (Lipinski definition) is 3. The van der Waals surface area contributed by atoms with E-state index in [9.17, 15) is 22.4 Å². The Balaban J connectivity index is 1.60. The van der Waals surface area contributed by atoms with E-state index in [0.717, 1.165) is 18.4 Å². The van der Waals surface area contributed by atoms with Crippen LogP contribution in [0.25, 0.3) is 0 Å². The zero-order valence-corrected chi connectivity index (χ0v) is 16.9. The Labute approximate surface area is 177 Å². The van der Waals surface area contributed by atoms with Gasteiger partial charge in [0.05, 0.1) is 18.2 Å². The summed E-state index contributed by atoms with van der Waals surface area (Å²) in [5.41, 5.74) is 1.44. The number of rotatable bonds is 7. The van der Waals surface area contributed by atoms with Gasteiger partial charge in [-0.25, -0.2) is 9.18 Å². The molecule has 2 aromatic carbocycles. The summed E-state index contributed by atoms with van der Waals surface area (Å²) in [5.74, 6) is -0.275. The van der Waals surface area contributed by atoms with Crippen molar-refractivity contribution in [2.75, 3.05) is 13.2 Å². The van der Waals surface area contributed by atoms with Crippen LogP contribution in [0.5, 0.6) is 5.75 Å². The quantitative estimate of drug-likeness (QED) is 0.593. The first-order valence-corrected chi connectivity index (χ1v) is 9.95. The second-order valence-electron chi connectivity index (χ2n) is 7.39. The van der Waals surface area contributed by atoms with E-state index in [1.165, 1.54) is 24.3 Å². The molecular weight excluding hydrogens is 416 g/mol. The molecule has 0 saturated carbocycles. The first-order chi connectivity index (χ1) is 14.7. The molecule has 0 spiro atoms. The summed E-state index contributed by atoms with van der Waals surface area (Å²) >= 11 is 0. The fraction of sp³-hybridized carbons (Fsp3) is 0.409. The lowest BCUT2D eigenvalue weighted by molar-refractivity contribution is -0.153. The van der Waals surface area contributed by atoms with Crippen molar-refractivity contribution in [1.29, 1.82) is 0 Å². The number of amides is 2. The molecule has 3 atom stereocenters. The van der Waals surface area contributed by atoms with E-state index in [0.29, 0.717) is 12.2 Å². The maximum atomic E-state index is 13.3. The number of carbonyl (C=O) groups is 1. The highest BCUT2D eigenvalue weighted by Gasteiger charge is 2.30. The Bertz CT molecular complexity index is 851. The van der Waals surface area contributed by atoms with E-state index < -0.39 is 30.9 Å². The minimum absolute atomic E-state index is 0.0903. The summed E-state index contributed by atoms with van der Waals surface area (Å²) in [6.07, 6.45) is -2.96. The molecule has 5 nitrogen and oxygen atoms in total. The van der Waals surface area contributed by atoms with Crippen molar-refractivity contribution in [3.05, 3.63) is 65.5 Å². The van der Waals surface area contributed by atoms with Gasteiger partial charge in [0.25, 0.3) is 0 Å². The first-order valence-electron chi connectivity index (χ1n) is 9.95. The lowest BCUT2D eigenvalue weighted by Gasteiger charge is -2.26. The smallest absolute Gasteiger partial charge is 0.422 e. The normalized spacial score (nSPS) is 18.3. The fourth-order valence-corrected chi connectivity index (χ4v) is 3.41. The molecule has 1 saturated heterocycles. The van der Waals surface area contributed by atoms with E-state index in [1.54, 1.807) is 31.2 Å². The van der Waals surface area contributed by atoms with Gasteiger partial charge in [0.1, 0.15) is 11.6 Å². The van der Waals surface area contributed by atoms with Crippen LogP contribution in [-0.2, 0) is 4.74 Å². The molecule has 31 heavy (non-hydrogen) atoms. The SMILES string of the molecule is CC(NC(=O)NC(c1ccc(F)cc1)C1CCCO1)c1ccc(OCC(F)(F)F)cc1. The van der Waals surface area contributed by atoms with E-state index in [4.69, 9.17) is 4.74 Å². The van der Waals surface area contributed by atoms with Gasteiger partial charge in [0.2, 0.25) is 0 Å². The molecule has 0 bridgehead atoms. The Kier molecular flexibility index (Phi) is 7.37. The topological polar surface area (TPSA) is 59.6 Å². The fourth-order valence-electron chi connectivity index (χ4n) is 3.41. The van der Waals surface area contributed by atoms with Crippen LogP contribution in [0.15, 0.2) is 48.5 Å². The van der Waals surface area contributed by atoms with Crippen LogP contribution in [0.1, 0.15) is 43.0 Å². The predicted octanol–water partition coefficient (Wildman–Crippen LogP) is 5.05. The summed E-state index contributed by atoms with van der Waals surface area (Å²) < 4.78 is 60.4. The molecule has 0 aliphatic carbocycles. The molecule has 0 radical (unpaired) electrons. The van der Waals surface area contributed by atoms with E-state index in [2.05, 4.69) is 15.4 Å². The van der Waals surface area contributed by atoms with Crippen molar-refractivity contribution in [3.8, 4) is 5.75 Å². The van der Waals surface area contributed by atoms with Gasteiger partial charge in [0, 0.05) is 6.61 Å². The molecule has 0 aromatic heterocycles. The highest BCUT2D eigenvalue weighted by atomic mass is 19.4. The van der Waals surface area contributed by atoms with Gasteiger partial charge in [0.15, 0.2) is 6.61 Å². The molecule has 9 heteroatoms. The van der Waals surface area contributed by atoms with Gasteiger partial charge in [-0.2, -0.15) is 13.2 Å². The largest absolute Gasteiger partial charge is 0.484 e. The van der Waals surface area contributed by atoms with Crippen molar-refractivity contribution in [3.63, 3.8) is 0 Å². The highest BCUT2D eigenvalue weighted by molar-refractivity contribution is 5.75. The van der Waals surface area contributed by atoms with Gasteiger partial charge in [-0.05, 0) is 55.2 Å². The molecule has 1 fully saturated rings. The zero-order valence-electron chi connectivity index (χ0n) is 16.9. The van der Waals surface area contributed by atoms with E-state index in [-0.39, 0.29) is 17.7 Å². The van der Waals surface area contributed by atoms with Crippen molar-refractivity contribution in [2.45, 2.75) is 44.1 Å². The number of hydrogen-bond donors (Lipinski definition) is 2. The van der Waals surface area contributed by atoms with E-state index >= 15 is 0 Å². The molecule has 3 rings (SSSR count). The maximum Gasteiger partial charge on any atom is 0.422 e. The Morgan fingerprint density at radius 1 is 1.10 bits per heavy atom. The van der Waals surface area contributed by atoms with Crippen LogP contribution >= 0.6 is 0 Å². The average molecular weight is 440 g/mol. The molecule has 1 aliphatic rings. The third-order valence-corrected chi connectivity index (χ3v) is 4.98. The number of halogens is 4. The van der Waals surface area contributed by atoms with Crippen LogP contribution in [0, 0.1) is 5.82 Å². The van der Waals surface area contributed by atoms with E-state index in [1.807, 2.05) is 0 Å². The standard InChI is InChI=1S/C22H24F4N2O3/c1-14(15-6-10-18(11-7-15)31-13-22(24,25)26)27-21(29)28-20(19-3-2-12-30-19)16-4-8-17(23)9-5-16/h4-11,14,19-20H,2-3,12-13H2,1H3,(H2,27,28,29). The third-order valence-electron chi connectivity index (χ3n) is 4.98. The van der Waals surface area contributed by atoms with Gasteiger partial charge in [-0.3, -0.25) is 0 Å². The molecule has 1 heterocycles. The predicted molar refractivity (Wildman–Crippen MR) is 106 cm³/mol. The molecule has 2 amide bonds. The van der Waals surface area contributed by atoms with Crippen LogP contribution in [-0.4, -0.2) is 31.5 Å². The number of nitrogens with one attached hydrogen (secondary N) is 2. The zero-order chi connectivity index (χ0) is 22.4. The molecule has 2 N–H and O–H groups in total. The lowest BCUT2D eigenvalue weighted by Crippen LogP contribution is -2.43. The number of urea groups is 1. The number of ether oxygens (including phenoxy) is 2. The highest BCUT2D eigenvalue weighted by Crippen LogP contribution is 2.27. The lowest BCUT2D eigenvalue weighted by atomic mass is 9.99. The van der Waals surface area contributed by atoms with Crippen molar-refractivity contribution < 1.29 is 31.8 Å². The molecule has 168 valence electrons.